The summed E-state index contributed by atoms with van der Waals surface area (Å²) >= 11 is 6.23. The van der Waals surface area contributed by atoms with Gasteiger partial charge in [-0.1, -0.05) is 23.7 Å². The Hall–Kier alpha value is -2.57. The van der Waals surface area contributed by atoms with Crippen LogP contribution in [0.15, 0.2) is 41.2 Å². The molecule has 0 bridgehead atoms. The molecule has 0 saturated carbocycles. The first-order valence-electron chi connectivity index (χ1n) is 7.66. The summed E-state index contributed by atoms with van der Waals surface area (Å²) in [6.07, 6.45) is -0.744. The second kappa shape index (κ2) is 6.74. The van der Waals surface area contributed by atoms with E-state index in [2.05, 4.69) is 0 Å². The summed E-state index contributed by atoms with van der Waals surface area (Å²) in [6.45, 7) is 1.16. The molecule has 3 rings (SSSR count). The molecule has 2 N–H and O–H groups in total. The highest BCUT2D eigenvalue weighted by molar-refractivity contribution is 6.33. The van der Waals surface area contributed by atoms with E-state index in [-0.39, 0.29) is 29.4 Å². The van der Waals surface area contributed by atoms with E-state index in [0.717, 1.165) is 0 Å². The molecule has 0 aliphatic rings. The number of carbonyl (C=O) groups is 1. The highest BCUT2D eigenvalue weighted by Gasteiger charge is 2.19. The van der Waals surface area contributed by atoms with Crippen molar-refractivity contribution >= 4 is 39.4 Å². The molecule has 130 valence electrons. The first-order chi connectivity index (χ1) is 11.9. The summed E-state index contributed by atoms with van der Waals surface area (Å²) in [7, 11) is 0. The summed E-state index contributed by atoms with van der Waals surface area (Å²) in [5.74, 6) is -0.874. The van der Waals surface area contributed by atoms with Crippen molar-refractivity contribution in [1.29, 1.82) is 0 Å². The van der Waals surface area contributed by atoms with Gasteiger partial charge < -0.3 is 19.5 Å². The van der Waals surface area contributed by atoms with Gasteiger partial charge in [0.25, 0.3) is 0 Å². The fraction of sp³-hybridized carbons (Fsp3) is 0.222. The Morgan fingerprint density at radius 1 is 1.24 bits per heavy atom. The van der Waals surface area contributed by atoms with Gasteiger partial charge in [-0.2, -0.15) is 0 Å². The van der Waals surface area contributed by atoms with E-state index in [0.29, 0.717) is 21.8 Å². The summed E-state index contributed by atoms with van der Waals surface area (Å²) < 4.78 is 7.10. The van der Waals surface area contributed by atoms with Crippen LogP contribution in [0.5, 0.6) is 5.75 Å². The molecule has 1 heterocycles. The van der Waals surface area contributed by atoms with Crippen molar-refractivity contribution < 1.29 is 19.7 Å². The Morgan fingerprint density at radius 3 is 2.64 bits per heavy atom. The fourth-order valence-electron chi connectivity index (χ4n) is 2.81. The number of carboxylic acid groups (broad SMARTS) is 1. The zero-order chi connectivity index (χ0) is 18.1. The number of nitrogens with zero attached hydrogens (tertiary/aromatic N) is 1. The van der Waals surface area contributed by atoms with Gasteiger partial charge in [0.1, 0.15) is 13.2 Å². The minimum Gasteiger partial charge on any atom is -0.487 e. The third-order valence-electron chi connectivity index (χ3n) is 3.80. The number of aliphatic carboxylic acids is 1. The number of hydrogen-bond acceptors (Lipinski definition) is 4. The minimum atomic E-state index is -1.06. The van der Waals surface area contributed by atoms with E-state index in [1.54, 1.807) is 37.3 Å². The van der Waals surface area contributed by atoms with E-state index in [1.165, 1.54) is 10.6 Å². The largest absolute Gasteiger partial charge is 0.487 e. The maximum absolute atomic E-state index is 12.8. The van der Waals surface area contributed by atoms with Crippen LogP contribution in [0.25, 0.3) is 21.8 Å². The molecule has 1 atom stereocenters. The predicted octanol–water partition coefficient (Wildman–Crippen LogP) is 2.65. The smallest absolute Gasteiger partial charge is 0.323 e. The molecule has 0 unspecified atom stereocenters. The Labute approximate surface area is 147 Å². The Bertz CT molecular complexity index is 1030. The van der Waals surface area contributed by atoms with Gasteiger partial charge in [-0.15, -0.1) is 0 Å². The van der Waals surface area contributed by atoms with Crippen molar-refractivity contribution in [2.75, 3.05) is 6.61 Å². The molecule has 7 heteroatoms. The van der Waals surface area contributed by atoms with E-state index in [4.69, 9.17) is 16.3 Å². The summed E-state index contributed by atoms with van der Waals surface area (Å²) in [5, 5.41) is 19.8. The van der Waals surface area contributed by atoms with Gasteiger partial charge in [0.05, 0.1) is 27.5 Å². The number of halogens is 1. The maximum Gasteiger partial charge on any atom is 0.323 e. The monoisotopic (exact) mass is 361 g/mol. The first kappa shape index (κ1) is 17.3. The molecule has 0 spiro atoms. The van der Waals surface area contributed by atoms with Crippen molar-refractivity contribution in [1.82, 2.24) is 4.57 Å². The van der Waals surface area contributed by atoms with Crippen LogP contribution in [0, 0.1) is 0 Å². The number of benzene rings is 2. The highest BCUT2D eigenvalue weighted by Crippen LogP contribution is 2.34. The van der Waals surface area contributed by atoms with Crippen molar-refractivity contribution in [3.8, 4) is 5.75 Å². The SMILES string of the molecule is C[C@@H](O)COc1c(Cl)ccc2c(=O)c3ccccc3n(CC(=O)O)c12. The second-order valence-corrected chi connectivity index (χ2v) is 6.17. The number of pyridine rings is 1. The van der Waals surface area contributed by atoms with Gasteiger partial charge in [0, 0.05) is 5.39 Å². The molecule has 0 fully saturated rings. The summed E-state index contributed by atoms with van der Waals surface area (Å²) in [4.78, 5) is 24.2. The Kier molecular flexibility index (Phi) is 4.65. The quantitative estimate of drug-likeness (QED) is 0.682. The van der Waals surface area contributed by atoms with Crippen LogP contribution in [0.4, 0.5) is 0 Å². The van der Waals surface area contributed by atoms with Gasteiger partial charge in [-0.05, 0) is 31.2 Å². The van der Waals surface area contributed by atoms with Crippen LogP contribution in [0.3, 0.4) is 0 Å². The van der Waals surface area contributed by atoms with E-state index in [1.807, 2.05) is 0 Å². The number of aromatic nitrogens is 1. The molecule has 2 aromatic carbocycles. The molecule has 1 aromatic heterocycles. The van der Waals surface area contributed by atoms with Crippen molar-refractivity contribution in [3.05, 3.63) is 51.6 Å². The molecule has 0 aliphatic carbocycles. The lowest BCUT2D eigenvalue weighted by Crippen LogP contribution is -2.18. The molecule has 0 amide bonds. The van der Waals surface area contributed by atoms with E-state index < -0.39 is 12.1 Å². The van der Waals surface area contributed by atoms with E-state index >= 15 is 0 Å². The normalized spacial score (nSPS) is 12.4. The lowest BCUT2D eigenvalue weighted by molar-refractivity contribution is -0.137. The van der Waals surface area contributed by atoms with Crippen LogP contribution < -0.4 is 10.2 Å². The number of rotatable bonds is 5. The molecular weight excluding hydrogens is 346 g/mol. The van der Waals surface area contributed by atoms with Crippen LogP contribution in [-0.2, 0) is 11.3 Å². The third-order valence-corrected chi connectivity index (χ3v) is 4.10. The summed E-state index contributed by atoms with van der Waals surface area (Å²) in [5.41, 5.74) is 0.552. The van der Waals surface area contributed by atoms with Gasteiger partial charge >= 0.3 is 5.97 Å². The maximum atomic E-state index is 12.8. The average Bonchev–Trinajstić information content (AvgIpc) is 2.57. The molecule has 0 aliphatic heterocycles. The number of para-hydroxylation sites is 1. The first-order valence-corrected chi connectivity index (χ1v) is 8.04. The van der Waals surface area contributed by atoms with Crippen molar-refractivity contribution in [2.24, 2.45) is 0 Å². The van der Waals surface area contributed by atoms with Crippen LogP contribution in [0.2, 0.25) is 5.02 Å². The molecule has 3 aromatic rings. The van der Waals surface area contributed by atoms with Crippen LogP contribution in [-0.4, -0.2) is 33.5 Å². The second-order valence-electron chi connectivity index (χ2n) is 5.76. The number of ether oxygens (including phenoxy) is 1. The zero-order valence-electron chi connectivity index (χ0n) is 13.4. The Morgan fingerprint density at radius 2 is 1.96 bits per heavy atom. The van der Waals surface area contributed by atoms with Gasteiger partial charge in [-0.3, -0.25) is 9.59 Å². The fourth-order valence-corrected chi connectivity index (χ4v) is 3.01. The molecule has 0 radical (unpaired) electrons. The van der Waals surface area contributed by atoms with Crippen molar-refractivity contribution in [3.63, 3.8) is 0 Å². The van der Waals surface area contributed by atoms with Gasteiger partial charge in [0.15, 0.2) is 11.2 Å². The zero-order valence-corrected chi connectivity index (χ0v) is 14.2. The molecule has 0 saturated heterocycles. The van der Waals surface area contributed by atoms with Crippen LogP contribution in [0.1, 0.15) is 6.92 Å². The number of aliphatic hydroxyl groups is 1. The topological polar surface area (TPSA) is 88.8 Å². The number of aliphatic hydroxyl groups excluding tert-OH is 1. The lowest BCUT2D eigenvalue weighted by Gasteiger charge is -2.18. The van der Waals surface area contributed by atoms with E-state index in [9.17, 15) is 19.8 Å². The highest BCUT2D eigenvalue weighted by atomic mass is 35.5. The molecule has 6 nitrogen and oxygen atoms in total. The summed E-state index contributed by atoms with van der Waals surface area (Å²) in [6, 6.07) is 9.87. The minimum absolute atomic E-state index is 0.0348. The standard InChI is InChI=1S/C18H16ClNO5/c1-10(21)9-25-18-13(19)7-6-12-16(18)20(8-15(22)23)14-5-3-2-4-11(14)17(12)24/h2-7,10,21H,8-9H2,1H3,(H,22,23)/t10-/m1/s1. The number of carboxylic acids is 1. The van der Waals surface area contributed by atoms with Crippen LogP contribution >= 0.6 is 11.6 Å². The Balaban J connectivity index is 2.45. The number of fused-ring (bicyclic) bond motifs is 2. The van der Waals surface area contributed by atoms with Gasteiger partial charge in [0.2, 0.25) is 0 Å². The van der Waals surface area contributed by atoms with Crippen molar-refractivity contribution in [2.45, 2.75) is 19.6 Å². The average molecular weight is 362 g/mol. The molecular formula is C18H16ClNO5. The predicted molar refractivity (Wildman–Crippen MR) is 95.5 cm³/mol. The number of hydrogen-bond donors (Lipinski definition) is 2. The third kappa shape index (κ3) is 3.18. The molecule has 25 heavy (non-hydrogen) atoms. The lowest BCUT2D eigenvalue weighted by atomic mass is 10.1. The van der Waals surface area contributed by atoms with Gasteiger partial charge in [-0.25, -0.2) is 0 Å².